The summed E-state index contributed by atoms with van der Waals surface area (Å²) in [5, 5.41) is 12.7. The van der Waals surface area contributed by atoms with Crippen molar-refractivity contribution in [2.45, 2.75) is 32.9 Å². The van der Waals surface area contributed by atoms with Crippen LogP contribution in [-0.4, -0.2) is 32.3 Å². The quantitative estimate of drug-likeness (QED) is 0.894. The van der Waals surface area contributed by atoms with Crippen LogP contribution in [0.25, 0.3) is 0 Å². The molecule has 1 aromatic carbocycles. The van der Waals surface area contributed by atoms with Gasteiger partial charge in [0.1, 0.15) is 6.07 Å². The molecule has 1 fully saturated rings. The fraction of sp³-hybridized carbons (Fsp3) is 0.562. The molecule has 1 aliphatic heterocycles. The van der Waals surface area contributed by atoms with Crippen LogP contribution in [0.5, 0.6) is 0 Å². The molecular formula is C16H23N3O. The van der Waals surface area contributed by atoms with E-state index in [0.717, 1.165) is 56.1 Å². The standard InChI is InChI=1S/C16H23N3O/c1-3-15-12-20-8-7-19(15)16-6-5-13(11-18-4-2)9-14(16)10-17/h5-6,9,15,18H,3-4,7-8,11-12H2,1-2H3. The largest absolute Gasteiger partial charge is 0.377 e. The third-order valence-electron chi connectivity index (χ3n) is 3.77. The van der Waals surface area contributed by atoms with E-state index in [1.54, 1.807) is 0 Å². The second-order valence-electron chi connectivity index (χ2n) is 5.07. The molecule has 1 aliphatic rings. The van der Waals surface area contributed by atoms with Crippen molar-refractivity contribution >= 4 is 5.69 Å². The van der Waals surface area contributed by atoms with Crippen molar-refractivity contribution in [2.24, 2.45) is 0 Å². The molecule has 0 aliphatic carbocycles. The van der Waals surface area contributed by atoms with Gasteiger partial charge in [-0.2, -0.15) is 5.26 Å². The topological polar surface area (TPSA) is 48.3 Å². The number of ether oxygens (including phenoxy) is 1. The maximum Gasteiger partial charge on any atom is 0.101 e. The van der Waals surface area contributed by atoms with Gasteiger partial charge in [-0.05, 0) is 30.7 Å². The highest BCUT2D eigenvalue weighted by molar-refractivity contribution is 5.61. The number of hydrogen-bond acceptors (Lipinski definition) is 4. The summed E-state index contributed by atoms with van der Waals surface area (Å²) in [6.45, 7) is 8.34. The van der Waals surface area contributed by atoms with Crippen LogP contribution >= 0.6 is 0 Å². The Morgan fingerprint density at radius 1 is 1.45 bits per heavy atom. The molecule has 0 bridgehead atoms. The van der Waals surface area contributed by atoms with Crippen molar-refractivity contribution in [3.8, 4) is 6.07 Å². The first-order valence-electron chi connectivity index (χ1n) is 7.38. The van der Waals surface area contributed by atoms with Crippen LogP contribution in [0.3, 0.4) is 0 Å². The van der Waals surface area contributed by atoms with E-state index in [1.165, 1.54) is 0 Å². The summed E-state index contributed by atoms with van der Waals surface area (Å²) in [5.41, 5.74) is 2.97. The molecule has 108 valence electrons. The Labute approximate surface area is 121 Å². The van der Waals surface area contributed by atoms with Gasteiger partial charge in [-0.15, -0.1) is 0 Å². The monoisotopic (exact) mass is 273 g/mol. The summed E-state index contributed by atoms with van der Waals surface area (Å²) in [4.78, 5) is 2.32. The number of morpholine rings is 1. The minimum Gasteiger partial charge on any atom is -0.377 e. The van der Waals surface area contributed by atoms with E-state index in [-0.39, 0.29) is 0 Å². The molecule has 1 saturated heterocycles. The molecule has 0 spiro atoms. The van der Waals surface area contributed by atoms with Gasteiger partial charge < -0.3 is 15.0 Å². The Bertz CT molecular complexity index is 481. The van der Waals surface area contributed by atoms with E-state index in [9.17, 15) is 5.26 Å². The van der Waals surface area contributed by atoms with Gasteiger partial charge in [-0.3, -0.25) is 0 Å². The van der Waals surface area contributed by atoms with Crippen molar-refractivity contribution < 1.29 is 4.74 Å². The van der Waals surface area contributed by atoms with Gasteiger partial charge in [0, 0.05) is 13.1 Å². The number of nitrogens with one attached hydrogen (secondary N) is 1. The highest BCUT2D eigenvalue weighted by Gasteiger charge is 2.23. The zero-order valence-corrected chi connectivity index (χ0v) is 12.4. The average Bonchev–Trinajstić information content (AvgIpc) is 2.52. The summed E-state index contributed by atoms with van der Waals surface area (Å²) >= 11 is 0. The zero-order valence-electron chi connectivity index (χ0n) is 12.4. The third-order valence-corrected chi connectivity index (χ3v) is 3.77. The lowest BCUT2D eigenvalue weighted by Crippen LogP contribution is -2.45. The van der Waals surface area contributed by atoms with Gasteiger partial charge >= 0.3 is 0 Å². The second-order valence-corrected chi connectivity index (χ2v) is 5.07. The molecule has 1 heterocycles. The van der Waals surface area contributed by atoms with Crippen molar-refractivity contribution in [3.05, 3.63) is 29.3 Å². The van der Waals surface area contributed by atoms with Gasteiger partial charge in [0.2, 0.25) is 0 Å². The Hall–Kier alpha value is -1.57. The Kier molecular flexibility index (Phi) is 5.40. The summed E-state index contributed by atoms with van der Waals surface area (Å²) < 4.78 is 5.54. The molecule has 4 nitrogen and oxygen atoms in total. The van der Waals surface area contributed by atoms with Gasteiger partial charge in [0.15, 0.2) is 0 Å². The first-order chi connectivity index (χ1) is 9.80. The third kappa shape index (κ3) is 3.30. The normalized spacial score (nSPS) is 18.9. The molecular weight excluding hydrogens is 250 g/mol. The zero-order chi connectivity index (χ0) is 14.4. The molecule has 1 unspecified atom stereocenters. The summed E-state index contributed by atoms with van der Waals surface area (Å²) in [5.74, 6) is 0. The SMILES string of the molecule is CCNCc1ccc(N2CCOCC2CC)c(C#N)c1. The molecule has 1 aromatic rings. The number of nitriles is 1. The van der Waals surface area contributed by atoms with Crippen molar-refractivity contribution in [3.63, 3.8) is 0 Å². The van der Waals surface area contributed by atoms with E-state index in [0.29, 0.717) is 6.04 Å². The number of nitrogens with zero attached hydrogens (tertiary/aromatic N) is 2. The minimum absolute atomic E-state index is 0.371. The van der Waals surface area contributed by atoms with Crippen molar-refractivity contribution in [1.82, 2.24) is 5.32 Å². The molecule has 1 atom stereocenters. The van der Waals surface area contributed by atoms with Crippen LogP contribution in [0.4, 0.5) is 5.69 Å². The van der Waals surface area contributed by atoms with E-state index in [2.05, 4.69) is 42.3 Å². The maximum atomic E-state index is 9.43. The molecule has 0 saturated carbocycles. The van der Waals surface area contributed by atoms with Crippen LogP contribution in [0.2, 0.25) is 0 Å². The first kappa shape index (κ1) is 14.8. The number of hydrogen-bond donors (Lipinski definition) is 1. The van der Waals surface area contributed by atoms with E-state index in [4.69, 9.17) is 4.74 Å². The van der Waals surface area contributed by atoms with Crippen molar-refractivity contribution in [2.75, 3.05) is 31.2 Å². The van der Waals surface area contributed by atoms with E-state index >= 15 is 0 Å². The van der Waals surface area contributed by atoms with Crippen LogP contribution in [0.1, 0.15) is 31.4 Å². The molecule has 0 amide bonds. The maximum absolute atomic E-state index is 9.43. The van der Waals surface area contributed by atoms with Gasteiger partial charge in [0.25, 0.3) is 0 Å². The molecule has 1 N–H and O–H groups in total. The van der Waals surface area contributed by atoms with Gasteiger partial charge in [-0.1, -0.05) is 19.9 Å². The van der Waals surface area contributed by atoms with Gasteiger partial charge in [-0.25, -0.2) is 0 Å². The Morgan fingerprint density at radius 2 is 2.30 bits per heavy atom. The van der Waals surface area contributed by atoms with Crippen LogP contribution < -0.4 is 10.2 Å². The predicted octanol–water partition coefficient (Wildman–Crippen LogP) is 2.28. The lowest BCUT2D eigenvalue weighted by atomic mass is 10.1. The Morgan fingerprint density at radius 3 is 3.00 bits per heavy atom. The first-order valence-corrected chi connectivity index (χ1v) is 7.38. The second kappa shape index (κ2) is 7.28. The summed E-state index contributed by atoms with van der Waals surface area (Å²) in [6, 6.07) is 8.91. The van der Waals surface area contributed by atoms with Crippen molar-refractivity contribution in [1.29, 1.82) is 5.26 Å². The smallest absolute Gasteiger partial charge is 0.101 e. The lowest BCUT2D eigenvalue weighted by molar-refractivity contribution is 0.0930. The van der Waals surface area contributed by atoms with E-state index < -0.39 is 0 Å². The van der Waals surface area contributed by atoms with E-state index in [1.807, 2.05) is 6.07 Å². The molecule has 0 radical (unpaired) electrons. The van der Waals surface area contributed by atoms with Gasteiger partial charge in [0.05, 0.1) is 30.5 Å². The average molecular weight is 273 g/mol. The highest BCUT2D eigenvalue weighted by atomic mass is 16.5. The number of benzene rings is 1. The van der Waals surface area contributed by atoms with Crippen LogP contribution in [-0.2, 0) is 11.3 Å². The number of anilines is 1. The van der Waals surface area contributed by atoms with Crippen LogP contribution in [0, 0.1) is 11.3 Å². The predicted molar refractivity (Wildman–Crippen MR) is 80.8 cm³/mol. The lowest BCUT2D eigenvalue weighted by Gasteiger charge is -2.37. The molecule has 2 rings (SSSR count). The van der Waals surface area contributed by atoms with Crippen LogP contribution in [0.15, 0.2) is 18.2 Å². The summed E-state index contributed by atoms with van der Waals surface area (Å²) in [6.07, 6.45) is 1.03. The molecule has 4 heteroatoms. The fourth-order valence-electron chi connectivity index (χ4n) is 2.61. The highest BCUT2D eigenvalue weighted by Crippen LogP contribution is 2.26. The molecule has 20 heavy (non-hydrogen) atoms. The number of rotatable bonds is 5. The minimum atomic E-state index is 0.371. The Balaban J connectivity index is 2.24. The summed E-state index contributed by atoms with van der Waals surface area (Å²) in [7, 11) is 0. The fourth-order valence-corrected chi connectivity index (χ4v) is 2.61. The molecule has 0 aromatic heterocycles.